The molecule has 0 bridgehead atoms. The minimum absolute atomic E-state index is 0.109. The third-order valence-corrected chi connectivity index (χ3v) is 4.09. The van der Waals surface area contributed by atoms with Gasteiger partial charge in [-0.05, 0) is 23.2 Å². The van der Waals surface area contributed by atoms with Crippen molar-refractivity contribution in [2.75, 3.05) is 13.7 Å². The standard InChI is InChI=1S/C16H20N4O4/c1-10-13(7-17)24-14(15(16(10)21)19-20-18)9-23-8-11-3-5-12(22-2)6-4-11/h3-6,10,13-16,21H,8-9H2,1-2H3/t10?,13-,14?,15+,16-/m1/s1. The average Bonchev–Trinajstić information content (AvgIpc) is 2.61. The van der Waals surface area contributed by atoms with Gasteiger partial charge in [-0.1, -0.05) is 24.2 Å². The van der Waals surface area contributed by atoms with E-state index in [1.807, 2.05) is 30.3 Å². The summed E-state index contributed by atoms with van der Waals surface area (Å²) in [4.78, 5) is 2.76. The van der Waals surface area contributed by atoms with Crippen molar-refractivity contribution >= 4 is 0 Å². The molecule has 1 saturated heterocycles. The summed E-state index contributed by atoms with van der Waals surface area (Å²) in [6, 6.07) is 8.63. The fourth-order valence-corrected chi connectivity index (χ4v) is 2.61. The number of benzene rings is 1. The van der Waals surface area contributed by atoms with Crippen molar-refractivity contribution in [3.8, 4) is 11.8 Å². The summed E-state index contributed by atoms with van der Waals surface area (Å²) < 4.78 is 16.3. The number of nitrogens with zero attached hydrogens (tertiary/aromatic N) is 4. The maximum Gasteiger partial charge on any atom is 0.149 e. The zero-order valence-corrected chi connectivity index (χ0v) is 13.6. The Kier molecular flexibility index (Phi) is 6.41. The van der Waals surface area contributed by atoms with E-state index in [-0.39, 0.29) is 6.61 Å². The second-order valence-corrected chi connectivity index (χ2v) is 5.63. The smallest absolute Gasteiger partial charge is 0.149 e. The number of aliphatic hydroxyl groups excluding tert-OH is 1. The van der Waals surface area contributed by atoms with E-state index < -0.39 is 30.3 Å². The Morgan fingerprint density at radius 2 is 2.12 bits per heavy atom. The van der Waals surface area contributed by atoms with Gasteiger partial charge in [-0.3, -0.25) is 0 Å². The number of methoxy groups -OCH3 is 1. The highest BCUT2D eigenvalue weighted by Crippen LogP contribution is 2.28. The lowest BCUT2D eigenvalue weighted by atomic mass is 9.87. The van der Waals surface area contributed by atoms with Crippen LogP contribution in [-0.2, 0) is 16.1 Å². The highest BCUT2D eigenvalue weighted by molar-refractivity contribution is 5.26. The van der Waals surface area contributed by atoms with E-state index in [1.165, 1.54) is 0 Å². The van der Waals surface area contributed by atoms with Crippen LogP contribution in [0.5, 0.6) is 5.75 Å². The Hall–Kier alpha value is -2.30. The first-order chi connectivity index (χ1) is 11.6. The van der Waals surface area contributed by atoms with Gasteiger partial charge in [0.25, 0.3) is 0 Å². The lowest BCUT2D eigenvalue weighted by molar-refractivity contribution is -0.143. The molecule has 5 atom stereocenters. The fourth-order valence-electron chi connectivity index (χ4n) is 2.61. The van der Waals surface area contributed by atoms with Crippen LogP contribution in [0.1, 0.15) is 12.5 Å². The van der Waals surface area contributed by atoms with Gasteiger partial charge in [0.2, 0.25) is 0 Å². The number of ether oxygens (including phenoxy) is 3. The van der Waals surface area contributed by atoms with Crippen LogP contribution in [0.3, 0.4) is 0 Å². The average molecular weight is 332 g/mol. The van der Waals surface area contributed by atoms with Crippen molar-refractivity contribution in [3.05, 3.63) is 40.3 Å². The summed E-state index contributed by atoms with van der Waals surface area (Å²) in [7, 11) is 1.60. The number of nitriles is 1. The van der Waals surface area contributed by atoms with Crippen molar-refractivity contribution in [2.24, 2.45) is 11.0 Å². The van der Waals surface area contributed by atoms with Gasteiger partial charge in [0.15, 0.2) is 0 Å². The summed E-state index contributed by atoms with van der Waals surface area (Å²) in [6.07, 6.45) is -2.39. The molecule has 24 heavy (non-hydrogen) atoms. The molecule has 1 N–H and O–H groups in total. The summed E-state index contributed by atoms with van der Waals surface area (Å²) in [5.74, 6) is 0.315. The molecular formula is C16H20N4O4. The first-order valence-electron chi connectivity index (χ1n) is 7.58. The van der Waals surface area contributed by atoms with Crippen LogP contribution >= 0.6 is 0 Å². The molecule has 1 aromatic rings. The zero-order chi connectivity index (χ0) is 17.5. The number of hydrogen-bond donors (Lipinski definition) is 1. The molecule has 2 rings (SSSR count). The first-order valence-corrected chi connectivity index (χ1v) is 7.58. The quantitative estimate of drug-likeness (QED) is 0.486. The van der Waals surface area contributed by atoms with Crippen LogP contribution < -0.4 is 4.74 Å². The minimum Gasteiger partial charge on any atom is -0.497 e. The Morgan fingerprint density at radius 1 is 1.42 bits per heavy atom. The van der Waals surface area contributed by atoms with Crippen LogP contribution in [0.4, 0.5) is 0 Å². The predicted octanol–water partition coefficient (Wildman–Crippen LogP) is 2.18. The largest absolute Gasteiger partial charge is 0.497 e. The van der Waals surface area contributed by atoms with Crippen molar-refractivity contribution in [3.63, 3.8) is 0 Å². The van der Waals surface area contributed by atoms with Crippen LogP contribution in [0.25, 0.3) is 10.4 Å². The van der Waals surface area contributed by atoms with Gasteiger partial charge in [0, 0.05) is 10.8 Å². The molecule has 0 aliphatic carbocycles. The lowest BCUT2D eigenvalue weighted by Crippen LogP contribution is -2.53. The monoisotopic (exact) mass is 332 g/mol. The summed E-state index contributed by atoms with van der Waals surface area (Å²) in [5, 5.41) is 23.0. The van der Waals surface area contributed by atoms with Crippen molar-refractivity contribution < 1.29 is 19.3 Å². The van der Waals surface area contributed by atoms with E-state index in [0.717, 1.165) is 11.3 Å². The van der Waals surface area contributed by atoms with Gasteiger partial charge in [-0.25, -0.2) is 0 Å². The van der Waals surface area contributed by atoms with Gasteiger partial charge < -0.3 is 19.3 Å². The van der Waals surface area contributed by atoms with Gasteiger partial charge in [-0.2, -0.15) is 5.26 Å². The molecule has 1 aliphatic rings. The summed E-state index contributed by atoms with van der Waals surface area (Å²) >= 11 is 0. The number of hydrogen-bond acceptors (Lipinski definition) is 6. The highest BCUT2D eigenvalue weighted by atomic mass is 16.5. The second kappa shape index (κ2) is 8.52. The molecule has 1 aromatic carbocycles. The summed E-state index contributed by atoms with van der Waals surface area (Å²) in [6.45, 7) is 2.13. The van der Waals surface area contributed by atoms with Crippen LogP contribution in [0, 0.1) is 17.2 Å². The molecule has 8 nitrogen and oxygen atoms in total. The van der Waals surface area contributed by atoms with Crippen LogP contribution in [-0.4, -0.2) is 43.2 Å². The Bertz CT molecular complexity index is 624. The molecule has 128 valence electrons. The molecule has 1 heterocycles. The predicted molar refractivity (Wildman–Crippen MR) is 85.0 cm³/mol. The maximum atomic E-state index is 10.2. The van der Waals surface area contributed by atoms with E-state index in [4.69, 9.17) is 25.0 Å². The lowest BCUT2D eigenvalue weighted by Gasteiger charge is -2.39. The zero-order valence-electron chi connectivity index (χ0n) is 13.6. The molecule has 8 heteroatoms. The van der Waals surface area contributed by atoms with E-state index in [1.54, 1.807) is 14.0 Å². The molecule has 0 spiro atoms. The van der Waals surface area contributed by atoms with Gasteiger partial charge in [-0.15, -0.1) is 0 Å². The third kappa shape index (κ3) is 4.16. The molecular weight excluding hydrogens is 312 g/mol. The molecule has 0 aromatic heterocycles. The number of aliphatic hydroxyl groups is 1. The van der Waals surface area contributed by atoms with E-state index in [2.05, 4.69) is 10.0 Å². The topological polar surface area (TPSA) is 120 Å². The van der Waals surface area contributed by atoms with E-state index >= 15 is 0 Å². The molecule has 0 radical (unpaired) electrons. The number of azide groups is 1. The molecule has 1 fully saturated rings. The third-order valence-electron chi connectivity index (χ3n) is 4.09. The molecule has 2 unspecified atom stereocenters. The maximum absolute atomic E-state index is 10.2. The van der Waals surface area contributed by atoms with Crippen molar-refractivity contribution in [1.82, 2.24) is 0 Å². The van der Waals surface area contributed by atoms with Crippen molar-refractivity contribution in [1.29, 1.82) is 5.26 Å². The Balaban J connectivity index is 1.97. The Morgan fingerprint density at radius 3 is 2.71 bits per heavy atom. The van der Waals surface area contributed by atoms with Crippen molar-refractivity contribution in [2.45, 2.75) is 37.9 Å². The molecule has 1 aliphatic heterocycles. The van der Waals surface area contributed by atoms with Gasteiger partial charge in [0.05, 0.1) is 44.6 Å². The normalized spacial score (nSPS) is 29.3. The minimum atomic E-state index is -0.950. The van der Waals surface area contributed by atoms with Crippen LogP contribution in [0.2, 0.25) is 0 Å². The van der Waals surface area contributed by atoms with Gasteiger partial charge >= 0.3 is 0 Å². The fraction of sp³-hybridized carbons (Fsp3) is 0.562. The Labute approximate surface area is 140 Å². The highest BCUT2D eigenvalue weighted by Gasteiger charge is 2.42. The van der Waals surface area contributed by atoms with Gasteiger partial charge in [0.1, 0.15) is 11.9 Å². The summed E-state index contributed by atoms with van der Waals surface area (Å²) in [5.41, 5.74) is 9.63. The number of rotatable bonds is 6. The second-order valence-electron chi connectivity index (χ2n) is 5.63. The van der Waals surface area contributed by atoms with E-state index in [0.29, 0.717) is 6.61 Å². The first kappa shape index (κ1) is 18.0. The van der Waals surface area contributed by atoms with E-state index in [9.17, 15) is 5.11 Å². The van der Waals surface area contributed by atoms with Crippen LogP contribution in [0.15, 0.2) is 29.4 Å². The molecule has 0 amide bonds. The SMILES string of the molecule is COc1ccc(COCC2O[C@H](C#N)C(C)[C@@H](O)[C@H]2N=[N+]=[N-])cc1. The molecule has 0 saturated carbocycles.